The SMILES string of the molecule is CC1(C)Oc2ccc(NC(=O)NCCc3ccc(-n4cccn4)cc3)cc2O1. The van der Waals surface area contributed by atoms with E-state index >= 15 is 0 Å². The van der Waals surface area contributed by atoms with Gasteiger partial charge in [0.05, 0.1) is 5.69 Å². The summed E-state index contributed by atoms with van der Waals surface area (Å²) in [6.45, 7) is 4.22. The van der Waals surface area contributed by atoms with E-state index in [0.717, 1.165) is 17.7 Å². The number of hydrogen-bond donors (Lipinski definition) is 2. The van der Waals surface area contributed by atoms with Crippen molar-refractivity contribution < 1.29 is 14.3 Å². The molecule has 144 valence electrons. The summed E-state index contributed by atoms with van der Waals surface area (Å²) in [6.07, 6.45) is 4.39. The van der Waals surface area contributed by atoms with Gasteiger partial charge >= 0.3 is 6.03 Å². The van der Waals surface area contributed by atoms with Crippen LogP contribution in [0.25, 0.3) is 5.69 Å². The highest BCUT2D eigenvalue weighted by Crippen LogP contribution is 2.40. The Bertz CT molecular complexity index is 966. The van der Waals surface area contributed by atoms with Gasteiger partial charge in [0.1, 0.15) is 0 Å². The lowest BCUT2D eigenvalue weighted by Gasteiger charge is -2.16. The van der Waals surface area contributed by atoms with Crippen molar-refractivity contribution in [2.24, 2.45) is 0 Å². The van der Waals surface area contributed by atoms with Gasteiger partial charge in [0.2, 0.25) is 5.79 Å². The Morgan fingerprint density at radius 1 is 1.11 bits per heavy atom. The van der Waals surface area contributed by atoms with Crippen LogP contribution in [-0.4, -0.2) is 28.1 Å². The summed E-state index contributed by atoms with van der Waals surface area (Å²) < 4.78 is 13.1. The third-order valence-electron chi connectivity index (χ3n) is 4.32. The zero-order valence-corrected chi connectivity index (χ0v) is 15.8. The maximum Gasteiger partial charge on any atom is 0.319 e. The molecule has 3 aromatic rings. The van der Waals surface area contributed by atoms with E-state index in [1.54, 1.807) is 24.4 Å². The van der Waals surface area contributed by atoms with Crippen LogP contribution in [0.3, 0.4) is 0 Å². The molecule has 0 unspecified atom stereocenters. The Labute approximate surface area is 163 Å². The average Bonchev–Trinajstić information content (AvgIpc) is 3.28. The first-order valence-electron chi connectivity index (χ1n) is 9.14. The number of benzene rings is 2. The Morgan fingerprint density at radius 2 is 1.89 bits per heavy atom. The van der Waals surface area contributed by atoms with Gasteiger partial charge in [-0.15, -0.1) is 0 Å². The minimum absolute atomic E-state index is 0.258. The normalized spacial score (nSPS) is 13.9. The molecule has 2 N–H and O–H groups in total. The van der Waals surface area contributed by atoms with Gasteiger partial charge in [0, 0.05) is 44.5 Å². The van der Waals surface area contributed by atoms with Crippen molar-refractivity contribution in [3.05, 3.63) is 66.5 Å². The van der Waals surface area contributed by atoms with Crippen LogP contribution in [-0.2, 0) is 6.42 Å². The second-order valence-corrected chi connectivity index (χ2v) is 7.01. The zero-order chi connectivity index (χ0) is 19.6. The lowest BCUT2D eigenvalue weighted by Crippen LogP contribution is -2.30. The van der Waals surface area contributed by atoms with Crippen molar-refractivity contribution >= 4 is 11.7 Å². The molecule has 2 amide bonds. The average molecular weight is 378 g/mol. The summed E-state index contributed by atoms with van der Waals surface area (Å²) in [5.41, 5.74) is 2.80. The Morgan fingerprint density at radius 3 is 2.64 bits per heavy atom. The monoisotopic (exact) mass is 378 g/mol. The summed E-state index contributed by atoms with van der Waals surface area (Å²) in [6, 6.07) is 15.1. The van der Waals surface area contributed by atoms with E-state index < -0.39 is 5.79 Å². The van der Waals surface area contributed by atoms with Crippen molar-refractivity contribution in [1.29, 1.82) is 0 Å². The summed E-state index contributed by atoms with van der Waals surface area (Å²) in [7, 11) is 0. The molecular formula is C21H22N4O3. The maximum atomic E-state index is 12.1. The predicted molar refractivity (Wildman–Crippen MR) is 106 cm³/mol. The smallest absolute Gasteiger partial charge is 0.319 e. The summed E-state index contributed by atoms with van der Waals surface area (Å²) in [5, 5.41) is 9.89. The first kappa shape index (κ1) is 17.9. The van der Waals surface area contributed by atoms with Gasteiger partial charge in [-0.2, -0.15) is 5.10 Å². The third-order valence-corrected chi connectivity index (χ3v) is 4.32. The molecule has 0 radical (unpaired) electrons. The number of ether oxygens (including phenoxy) is 2. The highest BCUT2D eigenvalue weighted by molar-refractivity contribution is 5.89. The minimum Gasteiger partial charge on any atom is -0.449 e. The topological polar surface area (TPSA) is 77.4 Å². The third kappa shape index (κ3) is 4.09. The number of carbonyl (C=O) groups is 1. The molecule has 2 heterocycles. The molecule has 0 spiro atoms. The number of fused-ring (bicyclic) bond motifs is 1. The number of aromatic nitrogens is 2. The van der Waals surface area contributed by atoms with E-state index in [9.17, 15) is 4.79 Å². The maximum absolute atomic E-state index is 12.1. The van der Waals surface area contributed by atoms with Crippen molar-refractivity contribution in [2.75, 3.05) is 11.9 Å². The summed E-state index contributed by atoms with van der Waals surface area (Å²) in [4.78, 5) is 12.1. The van der Waals surface area contributed by atoms with Gasteiger partial charge in [-0.25, -0.2) is 9.48 Å². The van der Waals surface area contributed by atoms with Crippen molar-refractivity contribution in [3.8, 4) is 17.2 Å². The van der Waals surface area contributed by atoms with E-state index in [1.165, 1.54) is 0 Å². The quantitative estimate of drug-likeness (QED) is 0.709. The van der Waals surface area contributed by atoms with E-state index in [-0.39, 0.29) is 6.03 Å². The van der Waals surface area contributed by atoms with Gasteiger partial charge in [-0.1, -0.05) is 12.1 Å². The van der Waals surface area contributed by atoms with Gasteiger partial charge in [0.15, 0.2) is 11.5 Å². The van der Waals surface area contributed by atoms with Crippen LogP contribution in [0.4, 0.5) is 10.5 Å². The number of amides is 2. The number of anilines is 1. The summed E-state index contributed by atoms with van der Waals surface area (Å²) >= 11 is 0. The first-order chi connectivity index (χ1) is 13.5. The summed E-state index contributed by atoms with van der Waals surface area (Å²) in [5.74, 6) is 0.616. The highest BCUT2D eigenvalue weighted by atomic mass is 16.7. The molecule has 0 fully saturated rings. The molecule has 0 saturated carbocycles. The number of nitrogens with one attached hydrogen (secondary N) is 2. The molecule has 7 nitrogen and oxygen atoms in total. The molecular weight excluding hydrogens is 356 g/mol. The van der Waals surface area contributed by atoms with Crippen LogP contribution in [0.5, 0.6) is 11.5 Å². The molecule has 1 aliphatic rings. The molecule has 2 aromatic carbocycles. The number of carbonyl (C=O) groups excluding carboxylic acids is 1. The van der Waals surface area contributed by atoms with E-state index in [0.29, 0.717) is 23.7 Å². The van der Waals surface area contributed by atoms with Gasteiger partial charge in [-0.3, -0.25) is 0 Å². The lowest BCUT2D eigenvalue weighted by molar-refractivity contribution is -0.0431. The number of urea groups is 1. The zero-order valence-electron chi connectivity index (χ0n) is 15.8. The van der Waals surface area contributed by atoms with Gasteiger partial charge < -0.3 is 20.1 Å². The number of nitrogens with zero attached hydrogens (tertiary/aromatic N) is 2. The molecule has 1 aromatic heterocycles. The van der Waals surface area contributed by atoms with Crippen LogP contribution in [0.15, 0.2) is 60.9 Å². The molecule has 7 heteroatoms. The lowest BCUT2D eigenvalue weighted by atomic mass is 10.1. The van der Waals surface area contributed by atoms with Crippen LogP contribution in [0, 0.1) is 0 Å². The van der Waals surface area contributed by atoms with Crippen molar-refractivity contribution in [2.45, 2.75) is 26.1 Å². The molecule has 0 saturated heterocycles. The van der Waals surface area contributed by atoms with Gasteiger partial charge in [0.25, 0.3) is 0 Å². The van der Waals surface area contributed by atoms with Crippen LogP contribution in [0.2, 0.25) is 0 Å². The number of rotatable bonds is 5. The Kier molecular flexibility index (Phi) is 4.65. The molecule has 0 bridgehead atoms. The fourth-order valence-electron chi connectivity index (χ4n) is 3.03. The van der Waals surface area contributed by atoms with Crippen molar-refractivity contribution in [1.82, 2.24) is 15.1 Å². The van der Waals surface area contributed by atoms with Gasteiger partial charge in [-0.05, 0) is 42.3 Å². The molecule has 1 aliphatic heterocycles. The Hall–Kier alpha value is -3.48. The minimum atomic E-state index is -0.684. The highest BCUT2D eigenvalue weighted by Gasteiger charge is 2.31. The largest absolute Gasteiger partial charge is 0.449 e. The number of hydrogen-bond acceptors (Lipinski definition) is 4. The van der Waals surface area contributed by atoms with E-state index in [2.05, 4.69) is 15.7 Å². The first-order valence-corrected chi connectivity index (χ1v) is 9.14. The molecule has 0 aliphatic carbocycles. The standard InChI is InChI=1S/C21H22N4O3/c1-21(2)27-18-9-6-16(14-19(18)28-21)24-20(26)22-12-10-15-4-7-17(8-5-15)25-13-3-11-23-25/h3-9,11,13-14H,10,12H2,1-2H3,(H2,22,24,26). The fourth-order valence-corrected chi connectivity index (χ4v) is 3.03. The van der Waals surface area contributed by atoms with Crippen molar-refractivity contribution in [3.63, 3.8) is 0 Å². The van der Waals surface area contributed by atoms with Crippen LogP contribution < -0.4 is 20.1 Å². The van der Waals surface area contributed by atoms with E-state index in [4.69, 9.17) is 9.47 Å². The van der Waals surface area contributed by atoms with Crippen LogP contribution >= 0.6 is 0 Å². The fraction of sp³-hybridized carbons (Fsp3) is 0.238. The van der Waals surface area contributed by atoms with E-state index in [1.807, 2.05) is 55.1 Å². The second-order valence-electron chi connectivity index (χ2n) is 7.01. The molecule has 28 heavy (non-hydrogen) atoms. The van der Waals surface area contributed by atoms with Crippen LogP contribution in [0.1, 0.15) is 19.4 Å². The Balaban J connectivity index is 1.26. The predicted octanol–water partition coefficient (Wildman–Crippen LogP) is 3.74. The second kappa shape index (κ2) is 7.26. The molecule has 0 atom stereocenters. The molecule has 4 rings (SSSR count).